The molecule has 7 atom stereocenters. The van der Waals surface area contributed by atoms with E-state index in [1.54, 1.807) is 6.08 Å². The number of allylic oxidation sites excluding steroid dienone is 3. The Bertz CT molecular complexity index is 1490. The summed E-state index contributed by atoms with van der Waals surface area (Å²) in [4.78, 5) is 25.1. The van der Waals surface area contributed by atoms with Crippen molar-refractivity contribution >= 4 is 11.9 Å². The maximum Gasteiger partial charge on any atom is 0.305 e. The minimum absolute atomic E-state index is 0.0156. The standard InChI is InChI=1S/C76H145NO10/c1-3-5-7-9-11-13-15-16-17-38-41-44-48-52-56-60-64-72(81)85-65-61-57-53-49-45-42-39-36-34-32-30-28-26-24-22-20-18-19-21-23-25-27-29-31-33-35-37-40-43-47-51-55-59-63-71(80)77-68(67-86-76-75(84)74(83)73(82)70(66-78)87-76)69(79)62-58-54-50-46-14-12-10-8-6-4-2/h22,24,58,62,68-70,73-76,78-79,82-84H,3-21,23,25-57,59-61,63-67H2,1-2H3,(H,77,80)/b24-22-,62-58+. The van der Waals surface area contributed by atoms with Crippen LogP contribution >= 0.6 is 0 Å². The second-order valence-electron chi connectivity index (χ2n) is 26.7. The molecule has 11 heteroatoms. The van der Waals surface area contributed by atoms with Gasteiger partial charge >= 0.3 is 5.97 Å². The summed E-state index contributed by atoms with van der Waals surface area (Å²) in [7, 11) is 0. The van der Waals surface area contributed by atoms with E-state index in [0.29, 0.717) is 19.4 Å². The van der Waals surface area contributed by atoms with Gasteiger partial charge in [0.15, 0.2) is 6.29 Å². The molecule has 0 aliphatic carbocycles. The van der Waals surface area contributed by atoms with Crippen LogP contribution in [0.15, 0.2) is 24.3 Å². The predicted octanol–water partition coefficient (Wildman–Crippen LogP) is 20.0. The fourth-order valence-corrected chi connectivity index (χ4v) is 12.3. The first-order valence-corrected chi connectivity index (χ1v) is 38.1. The van der Waals surface area contributed by atoms with E-state index in [2.05, 4.69) is 31.3 Å². The number of aliphatic hydroxyl groups is 5. The van der Waals surface area contributed by atoms with Crippen LogP contribution in [0.4, 0.5) is 0 Å². The van der Waals surface area contributed by atoms with Crippen LogP contribution in [0.2, 0.25) is 0 Å². The van der Waals surface area contributed by atoms with E-state index in [0.717, 1.165) is 51.4 Å². The molecule has 1 heterocycles. The molecule has 1 rings (SSSR count). The number of nitrogens with one attached hydrogen (secondary N) is 1. The average molecular weight is 1230 g/mol. The molecule has 0 saturated carbocycles. The third-order valence-electron chi connectivity index (χ3n) is 18.3. The lowest BCUT2D eigenvalue weighted by atomic mass is 9.99. The molecular formula is C76H145NO10. The topological polar surface area (TPSA) is 175 Å². The number of carbonyl (C=O) groups is 2. The van der Waals surface area contributed by atoms with Crippen molar-refractivity contribution < 1.29 is 49.3 Å². The van der Waals surface area contributed by atoms with Crippen LogP contribution < -0.4 is 5.32 Å². The molecule has 514 valence electrons. The van der Waals surface area contributed by atoms with Crippen molar-refractivity contribution in [3.63, 3.8) is 0 Å². The van der Waals surface area contributed by atoms with E-state index in [1.807, 2.05) is 6.08 Å². The molecule has 7 unspecified atom stereocenters. The fraction of sp³-hybridized carbons (Fsp3) is 0.921. The predicted molar refractivity (Wildman–Crippen MR) is 366 cm³/mol. The number of ether oxygens (including phenoxy) is 3. The zero-order chi connectivity index (χ0) is 63.0. The van der Waals surface area contributed by atoms with Crippen molar-refractivity contribution in [1.29, 1.82) is 0 Å². The van der Waals surface area contributed by atoms with Crippen molar-refractivity contribution in [2.75, 3.05) is 19.8 Å². The van der Waals surface area contributed by atoms with Gasteiger partial charge in [-0.05, 0) is 57.8 Å². The van der Waals surface area contributed by atoms with Crippen LogP contribution in [0.1, 0.15) is 386 Å². The maximum atomic E-state index is 13.0. The van der Waals surface area contributed by atoms with E-state index >= 15 is 0 Å². The zero-order valence-corrected chi connectivity index (χ0v) is 57.3. The zero-order valence-electron chi connectivity index (χ0n) is 57.3. The molecule has 0 spiro atoms. The molecule has 1 aliphatic rings. The largest absolute Gasteiger partial charge is 0.466 e. The summed E-state index contributed by atoms with van der Waals surface area (Å²) in [6.45, 7) is 4.38. The van der Waals surface area contributed by atoms with Gasteiger partial charge in [-0.1, -0.05) is 340 Å². The van der Waals surface area contributed by atoms with Gasteiger partial charge in [-0.15, -0.1) is 0 Å². The number of hydrogen-bond donors (Lipinski definition) is 6. The van der Waals surface area contributed by atoms with Crippen LogP contribution in [0.25, 0.3) is 0 Å². The van der Waals surface area contributed by atoms with Crippen molar-refractivity contribution in [2.24, 2.45) is 0 Å². The minimum atomic E-state index is -1.57. The first-order valence-electron chi connectivity index (χ1n) is 38.1. The molecule has 0 aromatic carbocycles. The Balaban J connectivity index is 1.89. The van der Waals surface area contributed by atoms with E-state index in [9.17, 15) is 35.1 Å². The normalized spacial score (nSPS) is 17.9. The number of aliphatic hydroxyl groups excluding tert-OH is 5. The molecule has 6 N–H and O–H groups in total. The van der Waals surface area contributed by atoms with Crippen molar-refractivity contribution in [2.45, 2.75) is 429 Å². The number of unbranched alkanes of at least 4 members (excludes halogenated alkanes) is 52. The van der Waals surface area contributed by atoms with E-state index < -0.39 is 49.5 Å². The molecule has 0 radical (unpaired) electrons. The molecular weight excluding hydrogens is 1090 g/mol. The van der Waals surface area contributed by atoms with Gasteiger partial charge in [-0.3, -0.25) is 9.59 Å². The highest BCUT2D eigenvalue weighted by atomic mass is 16.7. The second kappa shape index (κ2) is 65.6. The molecule has 87 heavy (non-hydrogen) atoms. The summed E-state index contributed by atoms with van der Waals surface area (Å²) in [5.41, 5.74) is 0. The highest BCUT2D eigenvalue weighted by molar-refractivity contribution is 5.76. The van der Waals surface area contributed by atoms with Gasteiger partial charge in [-0.25, -0.2) is 0 Å². The molecule has 1 amide bonds. The quantitative estimate of drug-likeness (QED) is 0.0195. The Hall–Kier alpha value is -1.86. The molecule has 11 nitrogen and oxygen atoms in total. The van der Waals surface area contributed by atoms with Gasteiger partial charge in [0.05, 0.1) is 32.0 Å². The first-order chi connectivity index (χ1) is 42.7. The number of amides is 1. The van der Waals surface area contributed by atoms with Gasteiger partial charge in [0, 0.05) is 12.8 Å². The van der Waals surface area contributed by atoms with Crippen LogP contribution in [0.5, 0.6) is 0 Å². The summed E-state index contributed by atoms with van der Waals surface area (Å²) >= 11 is 0. The Morgan fingerprint density at radius 2 is 0.736 bits per heavy atom. The maximum absolute atomic E-state index is 13.0. The summed E-state index contributed by atoms with van der Waals surface area (Å²) in [5.74, 6) is -0.162. The summed E-state index contributed by atoms with van der Waals surface area (Å²) in [5, 5.41) is 54.4. The molecule has 1 saturated heterocycles. The van der Waals surface area contributed by atoms with Crippen LogP contribution in [0.3, 0.4) is 0 Å². The van der Waals surface area contributed by atoms with Crippen molar-refractivity contribution in [3.05, 3.63) is 24.3 Å². The Morgan fingerprint density at radius 3 is 1.10 bits per heavy atom. The Labute approximate surface area is 537 Å². The third-order valence-corrected chi connectivity index (χ3v) is 18.3. The van der Waals surface area contributed by atoms with Crippen LogP contribution in [-0.2, 0) is 23.8 Å². The Morgan fingerprint density at radius 1 is 0.414 bits per heavy atom. The van der Waals surface area contributed by atoms with E-state index in [4.69, 9.17) is 14.2 Å². The lowest BCUT2D eigenvalue weighted by Gasteiger charge is -2.40. The molecule has 0 aromatic rings. The van der Waals surface area contributed by atoms with Gasteiger partial charge in [0.1, 0.15) is 24.4 Å². The number of esters is 1. The molecule has 1 aliphatic heterocycles. The van der Waals surface area contributed by atoms with Gasteiger partial charge in [0.25, 0.3) is 0 Å². The summed E-state index contributed by atoms with van der Waals surface area (Å²) in [6, 6.07) is -0.806. The average Bonchev–Trinajstić information content (AvgIpc) is 1.91. The highest BCUT2D eigenvalue weighted by Crippen LogP contribution is 2.24. The fourth-order valence-electron chi connectivity index (χ4n) is 12.3. The second-order valence-corrected chi connectivity index (χ2v) is 26.7. The number of hydrogen-bond acceptors (Lipinski definition) is 10. The highest BCUT2D eigenvalue weighted by Gasteiger charge is 2.44. The third kappa shape index (κ3) is 54.4. The van der Waals surface area contributed by atoms with Gasteiger partial charge in [-0.2, -0.15) is 0 Å². The lowest BCUT2D eigenvalue weighted by molar-refractivity contribution is -0.302. The molecule has 1 fully saturated rings. The minimum Gasteiger partial charge on any atom is -0.466 e. The van der Waals surface area contributed by atoms with Crippen molar-refractivity contribution in [3.8, 4) is 0 Å². The molecule has 0 bridgehead atoms. The van der Waals surface area contributed by atoms with E-state index in [1.165, 1.54) is 308 Å². The SMILES string of the molecule is CCCCCCCCCC/C=C/C(O)C(COC1OC(CO)C(O)C(O)C1O)NC(=O)CCCCCCCCCCCCCCCCCCC/C=C\CCCCCCCCCCCCCCOC(=O)CCCCCCCCCCCCCCCCCC. The first kappa shape index (κ1) is 83.2. The van der Waals surface area contributed by atoms with Crippen molar-refractivity contribution in [1.82, 2.24) is 5.32 Å². The smallest absolute Gasteiger partial charge is 0.305 e. The number of rotatable bonds is 68. The van der Waals surface area contributed by atoms with Gasteiger partial charge in [0.2, 0.25) is 5.91 Å². The summed E-state index contributed by atoms with van der Waals surface area (Å²) < 4.78 is 16.8. The summed E-state index contributed by atoms with van der Waals surface area (Å²) in [6.07, 6.45) is 73.5. The van der Waals surface area contributed by atoms with E-state index in [-0.39, 0.29) is 18.5 Å². The lowest BCUT2D eigenvalue weighted by Crippen LogP contribution is -2.60. The molecule has 0 aromatic heterocycles. The van der Waals surface area contributed by atoms with Gasteiger partial charge < -0.3 is 45.1 Å². The number of carbonyl (C=O) groups excluding carboxylic acids is 2. The van der Waals surface area contributed by atoms with Crippen LogP contribution in [0, 0.1) is 0 Å². The monoisotopic (exact) mass is 1230 g/mol. The van der Waals surface area contributed by atoms with Crippen LogP contribution in [-0.4, -0.2) is 100 Å². The Kier molecular flexibility index (Phi) is 62.7.